The molecular formula is C22H21N7OS. The number of aromatic nitrogens is 5. The topological polar surface area (TPSA) is 115 Å². The second-order valence-electron chi connectivity index (χ2n) is 7.31. The van der Waals surface area contributed by atoms with Crippen LogP contribution >= 0.6 is 11.8 Å². The van der Waals surface area contributed by atoms with Crippen LogP contribution in [0, 0.1) is 0 Å². The quantitative estimate of drug-likeness (QED) is 0.319. The van der Waals surface area contributed by atoms with Gasteiger partial charge in [0.2, 0.25) is 16.9 Å². The Kier molecular flexibility index (Phi) is 5.17. The zero-order valence-electron chi connectivity index (χ0n) is 16.7. The summed E-state index contributed by atoms with van der Waals surface area (Å²) in [6, 6.07) is 17.7. The number of nitrogens with one attached hydrogen (secondary N) is 2. The summed E-state index contributed by atoms with van der Waals surface area (Å²) in [6.45, 7) is 0. The molecular weight excluding hydrogens is 410 g/mol. The third-order valence-electron chi connectivity index (χ3n) is 5.30. The van der Waals surface area contributed by atoms with Gasteiger partial charge in [0.05, 0.1) is 5.75 Å². The van der Waals surface area contributed by atoms with E-state index in [0.29, 0.717) is 11.0 Å². The number of amides is 1. The molecule has 0 radical (unpaired) electrons. The predicted octanol–water partition coefficient (Wildman–Crippen LogP) is 3.27. The van der Waals surface area contributed by atoms with Gasteiger partial charge in [-0.05, 0) is 30.9 Å². The third kappa shape index (κ3) is 3.79. The fourth-order valence-corrected chi connectivity index (χ4v) is 4.48. The first-order valence-corrected chi connectivity index (χ1v) is 11.0. The Hall–Kier alpha value is -3.59. The molecule has 4 N–H and O–H groups in total. The monoisotopic (exact) mass is 431 g/mol. The molecule has 1 amide bonds. The lowest BCUT2D eigenvalue weighted by molar-refractivity contribution is -0.113. The highest BCUT2D eigenvalue weighted by atomic mass is 32.2. The molecule has 0 unspecified atom stereocenters. The van der Waals surface area contributed by atoms with Crippen molar-refractivity contribution in [1.29, 1.82) is 0 Å². The molecule has 9 heteroatoms. The highest BCUT2D eigenvalue weighted by molar-refractivity contribution is 7.99. The van der Waals surface area contributed by atoms with Crippen molar-refractivity contribution in [2.45, 2.75) is 24.4 Å². The van der Waals surface area contributed by atoms with Crippen LogP contribution in [0.4, 0.5) is 5.69 Å². The van der Waals surface area contributed by atoms with Crippen LogP contribution in [-0.2, 0) is 17.6 Å². The summed E-state index contributed by atoms with van der Waals surface area (Å²) >= 11 is 1.24. The van der Waals surface area contributed by atoms with Gasteiger partial charge in [0.25, 0.3) is 0 Å². The van der Waals surface area contributed by atoms with E-state index < -0.39 is 0 Å². The lowest BCUT2D eigenvalue weighted by Gasteiger charge is -2.11. The van der Waals surface area contributed by atoms with Crippen molar-refractivity contribution >= 4 is 23.4 Å². The Morgan fingerprint density at radius 1 is 1.10 bits per heavy atom. The Labute approximate surface area is 183 Å². The van der Waals surface area contributed by atoms with Crippen molar-refractivity contribution < 1.29 is 4.79 Å². The number of hydrogen-bond donors (Lipinski definition) is 3. The molecule has 1 aliphatic rings. The number of rotatable bonds is 6. The average molecular weight is 432 g/mol. The number of nitrogen functional groups attached to an aromatic ring is 1. The maximum Gasteiger partial charge on any atom is 0.234 e. The fourth-order valence-electron chi connectivity index (χ4n) is 3.82. The summed E-state index contributed by atoms with van der Waals surface area (Å²) in [6.07, 6.45) is 3.05. The lowest BCUT2D eigenvalue weighted by atomic mass is 10.0. The zero-order valence-corrected chi connectivity index (χ0v) is 17.5. The second kappa shape index (κ2) is 8.27. The van der Waals surface area contributed by atoms with Gasteiger partial charge in [-0.25, -0.2) is 4.68 Å². The number of benzene rings is 2. The molecule has 0 aliphatic heterocycles. The number of nitrogens with two attached hydrogens (primary N) is 1. The fraction of sp³-hybridized carbons (Fsp3) is 0.182. The number of nitrogens with zero attached hydrogens (tertiary/aromatic N) is 4. The van der Waals surface area contributed by atoms with Crippen LogP contribution in [0.2, 0.25) is 0 Å². The number of para-hydroxylation sites is 1. The molecule has 0 atom stereocenters. The van der Waals surface area contributed by atoms with E-state index in [1.807, 2.05) is 54.6 Å². The van der Waals surface area contributed by atoms with Crippen molar-refractivity contribution in [3.63, 3.8) is 0 Å². The van der Waals surface area contributed by atoms with E-state index in [0.717, 1.165) is 53.0 Å². The number of anilines is 1. The van der Waals surface area contributed by atoms with Gasteiger partial charge < -0.3 is 11.2 Å². The number of aromatic amines is 1. The lowest BCUT2D eigenvalue weighted by Crippen LogP contribution is -2.17. The number of carbonyl (C=O) groups excluding carboxylic acids is 1. The number of H-pyrrole nitrogens is 1. The van der Waals surface area contributed by atoms with Crippen LogP contribution in [0.1, 0.15) is 17.7 Å². The van der Waals surface area contributed by atoms with Crippen molar-refractivity contribution in [3.8, 4) is 22.6 Å². The van der Waals surface area contributed by atoms with Crippen molar-refractivity contribution in [1.82, 2.24) is 25.1 Å². The molecule has 8 nitrogen and oxygen atoms in total. The molecule has 2 aromatic carbocycles. The molecule has 0 saturated heterocycles. The zero-order chi connectivity index (χ0) is 21.2. The average Bonchev–Trinajstić information content (AvgIpc) is 3.50. The van der Waals surface area contributed by atoms with E-state index in [-0.39, 0.29) is 11.7 Å². The van der Waals surface area contributed by atoms with E-state index in [9.17, 15) is 4.79 Å². The summed E-state index contributed by atoms with van der Waals surface area (Å²) in [4.78, 5) is 12.6. The minimum absolute atomic E-state index is 0.140. The van der Waals surface area contributed by atoms with Gasteiger partial charge in [-0.15, -0.1) is 10.2 Å². The summed E-state index contributed by atoms with van der Waals surface area (Å²) < 4.78 is 1.41. The summed E-state index contributed by atoms with van der Waals surface area (Å²) in [5, 5.41) is 19.2. The molecule has 0 bridgehead atoms. The molecule has 0 fully saturated rings. The smallest absolute Gasteiger partial charge is 0.234 e. The molecule has 5 rings (SSSR count). The van der Waals surface area contributed by atoms with E-state index >= 15 is 0 Å². The van der Waals surface area contributed by atoms with Gasteiger partial charge in [-0.2, -0.15) is 5.10 Å². The maximum atomic E-state index is 12.6. The number of carbonyl (C=O) groups is 1. The van der Waals surface area contributed by atoms with Crippen LogP contribution in [0.3, 0.4) is 0 Å². The molecule has 4 aromatic rings. The van der Waals surface area contributed by atoms with Crippen molar-refractivity contribution in [2.75, 3.05) is 16.9 Å². The van der Waals surface area contributed by atoms with E-state index in [1.54, 1.807) is 0 Å². The SMILES string of the molecule is Nn1c(SCC(=O)Nc2ccccc2-c2ccccc2)nnc1-c1n[nH]c2c1CCC2. The standard InChI is InChI=1S/C22H21N7OS/c23-29-21(20-16-10-6-12-18(16)25-26-20)27-28-22(29)31-13-19(30)24-17-11-5-4-9-15(17)14-7-2-1-3-8-14/h1-5,7-9,11H,6,10,12-13,23H2,(H,24,30)(H,25,26). The number of hydrogen-bond acceptors (Lipinski definition) is 6. The molecule has 31 heavy (non-hydrogen) atoms. The summed E-state index contributed by atoms with van der Waals surface area (Å²) in [7, 11) is 0. The van der Waals surface area contributed by atoms with Gasteiger partial charge in [-0.1, -0.05) is 60.3 Å². The Morgan fingerprint density at radius 2 is 1.90 bits per heavy atom. The minimum atomic E-state index is -0.140. The van der Waals surface area contributed by atoms with E-state index in [1.165, 1.54) is 16.4 Å². The first kappa shape index (κ1) is 19.4. The summed E-state index contributed by atoms with van der Waals surface area (Å²) in [5.41, 5.74) is 5.83. The Morgan fingerprint density at radius 3 is 2.77 bits per heavy atom. The van der Waals surface area contributed by atoms with Crippen LogP contribution < -0.4 is 11.2 Å². The largest absolute Gasteiger partial charge is 0.335 e. The first-order valence-electron chi connectivity index (χ1n) is 10.0. The van der Waals surface area contributed by atoms with Crippen LogP contribution in [0.25, 0.3) is 22.6 Å². The molecule has 2 aromatic heterocycles. The second-order valence-corrected chi connectivity index (χ2v) is 8.25. The van der Waals surface area contributed by atoms with Crippen LogP contribution in [-0.4, -0.2) is 36.7 Å². The van der Waals surface area contributed by atoms with Gasteiger partial charge in [0.15, 0.2) is 0 Å². The molecule has 0 saturated carbocycles. The Balaban J connectivity index is 1.28. The van der Waals surface area contributed by atoms with Crippen molar-refractivity contribution in [3.05, 3.63) is 65.9 Å². The van der Waals surface area contributed by atoms with Gasteiger partial charge in [0.1, 0.15) is 5.69 Å². The number of thioether (sulfide) groups is 1. The van der Waals surface area contributed by atoms with Gasteiger partial charge >= 0.3 is 0 Å². The van der Waals surface area contributed by atoms with E-state index in [2.05, 4.69) is 25.7 Å². The van der Waals surface area contributed by atoms with Crippen LogP contribution in [0.15, 0.2) is 59.8 Å². The third-order valence-corrected chi connectivity index (χ3v) is 6.24. The number of fused-ring (bicyclic) bond motifs is 1. The van der Waals surface area contributed by atoms with Crippen molar-refractivity contribution in [2.24, 2.45) is 0 Å². The minimum Gasteiger partial charge on any atom is -0.335 e. The Bertz CT molecular complexity index is 1230. The molecule has 2 heterocycles. The number of aryl methyl sites for hydroxylation is 1. The normalized spacial score (nSPS) is 12.6. The van der Waals surface area contributed by atoms with E-state index in [4.69, 9.17) is 5.84 Å². The molecule has 0 spiro atoms. The highest BCUT2D eigenvalue weighted by Crippen LogP contribution is 2.30. The highest BCUT2D eigenvalue weighted by Gasteiger charge is 2.24. The summed E-state index contributed by atoms with van der Waals surface area (Å²) in [5.74, 6) is 6.75. The molecule has 156 valence electrons. The van der Waals surface area contributed by atoms with Crippen LogP contribution in [0.5, 0.6) is 0 Å². The maximum absolute atomic E-state index is 12.6. The van der Waals surface area contributed by atoms with Gasteiger partial charge in [0, 0.05) is 22.5 Å². The predicted molar refractivity (Wildman–Crippen MR) is 121 cm³/mol. The van der Waals surface area contributed by atoms with Gasteiger partial charge in [-0.3, -0.25) is 9.89 Å². The molecule has 1 aliphatic carbocycles. The first-order chi connectivity index (χ1) is 15.2.